The molecule has 1 fully saturated rings. The lowest BCUT2D eigenvalue weighted by Crippen LogP contribution is -2.50. The van der Waals surface area contributed by atoms with Crippen LogP contribution in [0.25, 0.3) is 0 Å². The zero-order chi connectivity index (χ0) is 17.9. The highest BCUT2D eigenvalue weighted by atomic mass is 32.2. The topological polar surface area (TPSA) is 55.4 Å². The summed E-state index contributed by atoms with van der Waals surface area (Å²) in [6, 6.07) is -0.726. The van der Waals surface area contributed by atoms with Gasteiger partial charge in [0.1, 0.15) is 6.04 Å². The number of alkyl halides is 3. The second kappa shape index (κ2) is 7.80. The lowest BCUT2D eigenvalue weighted by molar-refractivity contribution is -0.168. The molecule has 0 aromatic carbocycles. The number of halogens is 3. The van der Waals surface area contributed by atoms with Gasteiger partial charge < -0.3 is 10.1 Å². The van der Waals surface area contributed by atoms with Crippen molar-refractivity contribution in [1.82, 2.24) is 5.32 Å². The molecule has 0 saturated heterocycles. The van der Waals surface area contributed by atoms with E-state index in [1.807, 2.05) is 6.26 Å². The number of methoxy groups -OCH3 is 1. The number of nitrogens with one attached hydrogen (secondary N) is 1. The monoisotopic (exact) mass is 365 g/mol. The first-order valence-electron chi connectivity index (χ1n) is 8.00. The Morgan fingerprint density at radius 3 is 2.46 bits per heavy atom. The van der Waals surface area contributed by atoms with Crippen molar-refractivity contribution in [2.45, 2.75) is 44.3 Å². The van der Waals surface area contributed by atoms with E-state index in [1.165, 1.54) is 18.9 Å². The third-order valence-corrected chi connectivity index (χ3v) is 5.37. The summed E-state index contributed by atoms with van der Waals surface area (Å²) in [6.45, 7) is 0. The predicted molar refractivity (Wildman–Crippen MR) is 85.5 cm³/mol. The van der Waals surface area contributed by atoms with E-state index in [-0.39, 0.29) is 17.4 Å². The van der Waals surface area contributed by atoms with Crippen molar-refractivity contribution < 1.29 is 27.5 Å². The summed E-state index contributed by atoms with van der Waals surface area (Å²) in [7, 11) is 1.25. The third kappa shape index (κ3) is 3.90. The standard InChI is InChI=1S/C16H22F3NO3S/c1-23-15(22)11(7-8-24-2)20-13-10-6-4-3-5-9(10)12(13)14(21)16(17,18)19/h9-11,20H,3-8H2,1-2H3. The van der Waals surface area contributed by atoms with Crippen LogP contribution in [0.1, 0.15) is 32.1 Å². The molecule has 4 nitrogen and oxygen atoms in total. The van der Waals surface area contributed by atoms with Crippen molar-refractivity contribution in [3.63, 3.8) is 0 Å². The highest BCUT2D eigenvalue weighted by Gasteiger charge is 2.52. The van der Waals surface area contributed by atoms with Crippen LogP contribution in [0.3, 0.4) is 0 Å². The second-order valence-corrected chi connectivity index (χ2v) is 7.14. The molecule has 0 spiro atoms. The van der Waals surface area contributed by atoms with E-state index in [9.17, 15) is 22.8 Å². The van der Waals surface area contributed by atoms with Gasteiger partial charge in [-0.25, -0.2) is 4.79 Å². The maximum absolute atomic E-state index is 12.9. The molecule has 1 saturated carbocycles. The molecular formula is C16H22F3NO3S. The van der Waals surface area contributed by atoms with Crippen LogP contribution in [-0.2, 0) is 14.3 Å². The minimum Gasteiger partial charge on any atom is -0.467 e. The van der Waals surface area contributed by atoms with Gasteiger partial charge in [0, 0.05) is 17.2 Å². The lowest BCUT2D eigenvalue weighted by atomic mass is 9.62. The van der Waals surface area contributed by atoms with Gasteiger partial charge in [-0.2, -0.15) is 24.9 Å². The molecule has 0 radical (unpaired) electrons. The molecule has 0 bridgehead atoms. The molecule has 3 atom stereocenters. The molecule has 2 rings (SSSR count). The minimum atomic E-state index is -4.88. The van der Waals surface area contributed by atoms with Crippen LogP contribution in [-0.4, -0.2) is 43.1 Å². The van der Waals surface area contributed by atoms with Crippen molar-refractivity contribution in [2.24, 2.45) is 11.8 Å². The highest BCUT2D eigenvalue weighted by Crippen LogP contribution is 2.50. The maximum atomic E-state index is 12.9. The fourth-order valence-corrected chi connectivity index (χ4v) is 4.04. The van der Waals surface area contributed by atoms with Gasteiger partial charge >= 0.3 is 12.1 Å². The molecule has 0 aromatic heterocycles. The van der Waals surface area contributed by atoms with Crippen LogP contribution in [0.5, 0.6) is 0 Å². The summed E-state index contributed by atoms with van der Waals surface area (Å²) in [5.74, 6) is -2.05. The molecule has 0 amide bonds. The molecule has 1 N–H and O–H groups in total. The molecule has 24 heavy (non-hydrogen) atoms. The summed E-state index contributed by atoms with van der Waals surface area (Å²) < 4.78 is 43.5. The molecule has 3 unspecified atom stereocenters. The summed E-state index contributed by atoms with van der Waals surface area (Å²) >= 11 is 1.53. The third-order valence-electron chi connectivity index (χ3n) is 4.73. The Morgan fingerprint density at radius 2 is 1.92 bits per heavy atom. The molecule has 136 valence electrons. The number of thioether (sulfide) groups is 1. The van der Waals surface area contributed by atoms with Crippen molar-refractivity contribution in [3.8, 4) is 0 Å². The van der Waals surface area contributed by atoms with E-state index in [0.717, 1.165) is 19.3 Å². The average Bonchev–Trinajstić information content (AvgIpc) is 2.54. The Balaban J connectivity index is 2.27. The average molecular weight is 365 g/mol. The number of rotatable bonds is 7. The molecule has 0 aliphatic heterocycles. The van der Waals surface area contributed by atoms with Crippen LogP contribution in [0.4, 0.5) is 13.2 Å². The van der Waals surface area contributed by atoms with Gasteiger partial charge in [-0.1, -0.05) is 12.8 Å². The van der Waals surface area contributed by atoms with E-state index in [0.29, 0.717) is 24.3 Å². The van der Waals surface area contributed by atoms with Gasteiger partial charge in [-0.05, 0) is 37.2 Å². The smallest absolute Gasteiger partial charge is 0.454 e. The predicted octanol–water partition coefficient (Wildman–Crippen LogP) is 3.08. The van der Waals surface area contributed by atoms with Crippen LogP contribution in [0.15, 0.2) is 11.3 Å². The molecule has 0 heterocycles. The fourth-order valence-electron chi connectivity index (χ4n) is 3.57. The van der Waals surface area contributed by atoms with Gasteiger partial charge in [0.2, 0.25) is 0 Å². The summed E-state index contributed by atoms with van der Waals surface area (Å²) in [6.07, 6.45) is 0.530. The number of ether oxygens (including phenoxy) is 1. The number of fused-ring (bicyclic) bond motifs is 1. The Hall–Kier alpha value is -1.18. The molecular weight excluding hydrogens is 343 g/mol. The van der Waals surface area contributed by atoms with Crippen molar-refractivity contribution in [3.05, 3.63) is 11.3 Å². The number of Topliss-reactive ketones (excluding diaryl/α,β-unsaturated/α-hetero) is 1. The van der Waals surface area contributed by atoms with Crippen LogP contribution in [0, 0.1) is 11.8 Å². The van der Waals surface area contributed by atoms with Crippen LogP contribution < -0.4 is 5.32 Å². The van der Waals surface area contributed by atoms with E-state index in [4.69, 9.17) is 4.74 Å². The molecule has 2 aliphatic carbocycles. The zero-order valence-electron chi connectivity index (χ0n) is 13.7. The van der Waals surface area contributed by atoms with Crippen molar-refractivity contribution in [2.75, 3.05) is 19.1 Å². The van der Waals surface area contributed by atoms with E-state index in [2.05, 4.69) is 5.32 Å². The fraction of sp³-hybridized carbons (Fsp3) is 0.750. The SMILES string of the molecule is COC(=O)C(CCSC)NC1=C(C(=O)C(F)(F)F)C2CCCCC12. The largest absolute Gasteiger partial charge is 0.467 e. The summed E-state index contributed by atoms with van der Waals surface area (Å²) in [5, 5.41) is 2.91. The van der Waals surface area contributed by atoms with Crippen molar-refractivity contribution in [1.29, 1.82) is 0 Å². The first-order valence-corrected chi connectivity index (χ1v) is 9.39. The summed E-state index contributed by atoms with van der Waals surface area (Å²) in [5.41, 5.74) is 0.129. The lowest BCUT2D eigenvalue weighted by Gasteiger charge is -2.45. The van der Waals surface area contributed by atoms with E-state index >= 15 is 0 Å². The van der Waals surface area contributed by atoms with Gasteiger partial charge in [-0.3, -0.25) is 4.79 Å². The van der Waals surface area contributed by atoms with Crippen LogP contribution >= 0.6 is 11.8 Å². The highest BCUT2D eigenvalue weighted by molar-refractivity contribution is 7.98. The number of carbonyl (C=O) groups is 2. The summed E-state index contributed by atoms with van der Waals surface area (Å²) in [4.78, 5) is 23.7. The Kier molecular flexibility index (Phi) is 6.22. The van der Waals surface area contributed by atoms with Gasteiger partial charge in [0.25, 0.3) is 5.78 Å². The Bertz CT molecular complexity index is 533. The van der Waals surface area contributed by atoms with Crippen LogP contribution in [0.2, 0.25) is 0 Å². The first kappa shape index (κ1) is 19.1. The quantitative estimate of drug-likeness (QED) is 0.703. The number of hydrogen-bond acceptors (Lipinski definition) is 5. The van der Waals surface area contributed by atoms with Gasteiger partial charge in [-0.15, -0.1) is 0 Å². The Morgan fingerprint density at radius 1 is 1.29 bits per heavy atom. The van der Waals surface area contributed by atoms with E-state index in [1.54, 1.807) is 0 Å². The molecule has 8 heteroatoms. The van der Waals surface area contributed by atoms with Gasteiger partial charge in [0.05, 0.1) is 7.11 Å². The van der Waals surface area contributed by atoms with Gasteiger partial charge in [0.15, 0.2) is 0 Å². The number of hydrogen-bond donors (Lipinski definition) is 1. The van der Waals surface area contributed by atoms with E-state index < -0.39 is 24.0 Å². The molecule has 2 aliphatic rings. The molecule has 0 aromatic rings. The minimum absolute atomic E-state index is 0.0820. The number of allylic oxidation sites excluding steroid dienone is 2. The maximum Gasteiger partial charge on any atom is 0.454 e. The Labute approximate surface area is 143 Å². The number of ketones is 1. The zero-order valence-corrected chi connectivity index (χ0v) is 14.6. The second-order valence-electron chi connectivity index (χ2n) is 6.15. The normalized spacial score (nSPS) is 24.7. The first-order chi connectivity index (χ1) is 11.3. The van der Waals surface area contributed by atoms with Crippen molar-refractivity contribution >= 4 is 23.5 Å². The number of carbonyl (C=O) groups excluding carboxylic acids is 2. The number of esters is 1.